The number of rotatable bonds is 7. The van der Waals surface area contributed by atoms with E-state index in [1.165, 1.54) is 0 Å². The minimum Gasteiger partial charge on any atom is -0.481 e. The van der Waals surface area contributed by atoms with Gasteiger partial charge in [0.1, 0.15) is 11.5 Å². The fraction of sp³-hybridized carbons (Fsp3) is 0.182. The van der Waals surface area contributed by atoms with E-state index in [0.717, 1.165) is 5.56 Å². The van der Waals surface area contributed by atoms with Crippen LogP contribution in [0.1, 0.15) is 28.6 Å². The Balaban J connectivity index is 1.63. The van der Waals surface area contributed by atoms with Crippen LogP contribution in [0, 0.1) is 6.92 Å². The maximum Gasteiger partial charge on any atom is 0.265 e. The summed E-state index contributed by atoms with van der Waals surface area (Å²) < 4.78 is 10.9. The predicted octanol–water partition coefficient (Wildman–Crippen LogP) is 3.92. The summed E-state index contributed by atoms with van der Waals surface area (Å²) in [6.07, 6.45) is 0.826. The molecule has 2 N–H and O–H groups in total. The van der Waals surface area contributed by atoms with Crippen molar-refractivity contribution in [2.24, 2.45) is 0 Å². The van der Waals surface area contributed by atoms with E-state index in [0.29, 0.717) is 22.8 Å². The Morgan fingerprint density at radius 2 is 1.79 bits per heavy atom. The van der Waals surface area contributed by atoms with E-state index in [4.69, 9.17) is 9.15 Å². The molecule has 1 unspecified atom stereocenters. The van der Waals surface area contributed by atoms with Crippen LogP contribution < -0.4 is 15.4 Å². The zero-order chi connectivity index (χ0) is 19.9. The zero-order valence-corrected chi connectivity index (χ0v) is 15.8. The Bertz CT molecular complexity index is 933. The molecule has 0 saturated carbocycles. The average Bonchev–Trinajstić information content (AvgIpc) is 3.22. The first-order chi connectivity index (χ1) is 13.5. The van der Waals surface area contributed by atoms with E-state index < -0.39 is 6.10 Å². The van der Waals surface area contributed by atoms with E-state index in [2.05, 4.69) is 10.6 Å². The third-order valence-electron chi connectivity index (χ3n) is 4.14. The van der Waals surface area contributed by atoms with Gasteiger partial charge in [0, 0.05) is 0 Å². The number of para-hydroxylation sites is 1. The molecule has 6 heteroatoms. The highest BCUT2D eigenvalue weighted by Crippen LogP contribution is 2.18. The number of ether oxygens (including phenoxy) is 1. The van der Waals surface area contributed by atoms with E-state index in [1.807, 2.05) is 31.2 Å². The highest BCUT2D eigenvalue weighted by Gasteiger charge is 2.18. The van der Waals surface area contributed by atoms with E-state index in [-0.39, 0.29) is 18.4 Å². The number of nitrogens with one attached hydrogen (secondary N) is 2. The van der Waals surface area contributed by atoms with Crippen LogP contribution in [0.15, 0.2) is 71.3 Å². The van der Waals surface area contributed by atoms with Gasteiger partial charge in [-0.3, -0.25) is 9.59 Å². The van der Waals surface area contributed by atoms with Crippen molar-refractivity contribution in [3.63, 3.8) is 0 Å². The number of aryl methyl sites for hydroxylation is 1. The second-order valence-electron chi connectivity index (χ2n) is 6.37. The lowest BCUT2D eigenvalue weighted by atomic mass is 10.1. The van der Waals surface area contributed by atoms with Crippen LogP contribution in [0.5, 0.6) is 5.75 Å². The van der Waals surface area contributed by atoms with Gasteiger partial charge in [0.15, 0.2) is 6.10 Å². The average molecular weight is 378 g/mol. The number of benzene rings is 2. The fourth-order valence-corrected chi connectivity index (χ4v) is 2.57. The Kier molecular flexibility index (Phi) is 6.11. The summed E-state index contributed by atoms with van der Waals surface area (Å²) in [5, 5.41) is 5.54. The normalized spacial score (nSPS) is 11.5. The molecule has 0 fully saturated rings. The molecular formula is C22H22N2O4. The summed E-state index contributed by atoms with van der Waals surface area (Å²) in [6, 6.07) is 17.8. The number of furan rings is 1. The Hall–Kier alpha value is -3.54. The molecule has 3 aromatic rings. The van der Waals surface area contributed by atoms with Gasteiger partial charge < -0.3 is 19.8 Å². The Morgan fingerprint density at radius 3 is 2.50 bits per heavy atom. The Labute approximate surface area is 163 Å². The number of anilines is 1. The molecule has 0 aliphatic rings. The second kappa shape index (κ2) is 8.90. The topological polar surface area (TPSA) is 80.6 Å². The molecule has 0 radical (unpaired) electrons. The van der Waals surface area contributed by atoms with Crippen molar-refractivity contribution in [3.8, 4) is 5.75 Å². The smallest absolute Gasteiger partial charge is 0.265 e. The summed E-state index contributed by atoms with van der Waals surface area (Å²) in [6.45, 7) is 3.91. The highest BCUT2D eigenvalue weighted by atomic mass is 16.5. The lowest BCUT2D eigenvalue weighted by Crippen LogP contribution is -2.31. The van der Waals surface area contributed by atoms with Crippen molar-refractivity contribution in [1.82, 2.24) is 5.32 Å². The number of hydrogen-bond donors (Lipinski definition) is 2. The van der Waals surface area contributed by atoms with Crippen LogP contribution in [0.2, 0.25) is 0 Å². The molecule has 3 rings (SSSR count). The standard InChI is InChI=1S/C22H22N2O4/c1-15-9-11-17(12-10-15)28-16(2)21(25)24-20-8-4-3-7-19(20)22(26)23-14-18-6-5-13-27-18/h3-13,16H,14H2,1-2H3,(H,23,26)(H,24,25). The molecule has 1 heterocycles. The van der Waals surface area contributed by atoms with Gasteiger partial charge in [-0.05, 0) is 50.2 Å². The summed E-state index contributed by atoms with van der Waals surface area (Å²) in [5.74, 6) is 0.610. The van der Waals surface area contributed by atoms with E-state index in [9.17, 15) is 9.59 Å². The number of amides is 2. The van der Waals surface area contributed by atoms with Crippen LogP contribution in [-0.4, -0.2) is 17.9 Å². The third-order valence-corrected chi connectivity index (χ3v) is 4.14. The third kappa shape index (κ3) is 5.01. The minimum absolute atomic E-state index is 0.265. The predicted molar refractivity (Wildman–Crippen MR) is 106 cm³/mol. The Morgan fingerprint density at radius 1 is 1.04 bits per heavy atom. The largest absolute Gasteiger partial charge is 0.481 e. The lowest BCUT2D eigenvalue weighted by Gasteiger charge is -2.16. The van der Waals surface area contributed by atoms with Crippen LogP contribution in [0.4, 0.5) is 5.69 Å². The molecule has 2 aromatic carbocycles. The van der Waals surface area contributed by atoms with Gasteiger partial charge in [-0.1, -0.05) is 29.8 Å². The van der Waals surface area contributed by atoms with Crippen molar-refractivity contribution in [3.05, 3.63) is 83.8 Å². The van der Waals surface area contributed by atoms with Crippen LogP contribution in [0.3, 0.4) is 0 Å². The summed E-state index contributed by atoms with van der Waals surface area (Å²) in [7, 11) is 0. The van der Waals surface area contributed by atoms with Gasteiger partial charge in [0.05, 0.1) is 24.1 Å². The van der Waals surface area contributed by atoms with Gasteiger partial charge in [0.2, 0.25) is 0 Å². The quantitative estimate of drug-likeness (QED) is 0.653. The lowest BCUT2D eigenvalue weighted by molar-refractivity contribution is -0.122. The van der Waals surface area contributed by atoms with Gasteiger partial charge >= 0.3 is 0 Å². The maximum atomic E-state index is 12.5. The van der Waals surface area contributed by atoms with Crippen LogP contribution in [-0.2, 0) is 11.3 Å². The number of hydrogen-bond acceptors (Lipinski definition) is 4. The van der Waals surface area contributed by atoms with Crippen molar-refractivity contribution in [2.45, 2.75) is 26.5 Å². The maximum absolute atomic E-state index is 12.5. The molecule has 0 bridgehead atoms. The molecule has 0 spiro atoms. The first-order valence-electron chi connectivity index (χ1n) is 8.97. The number of carbonyl (C=O) groups excluding carboxylic acids is 2. The molecule has 1 aromatic heterocycles. The second-order valence-corrected chi connectivity index (χ2v) is 6.37. The molecule has 0 aliphatic heterocycles. The SMILES string of the molecule is Cc1ccc(OC(C)C(=O)Nc2ccccc2C(=O)NCc2ccco2)cc1. The van der Waals surface area contributed by atoms with Crippen molar-refractivity contribution < 1.29 is 18.7 Å². The van der Waals surface area contributed by atoms with Crippen molar-refractivity contribution >= 4 is 17.5 Å². The minimum atomic E-state index is -0.720. The van der Waals surface area contributed by atoms with Crippen molar-refractivity contribution in [1.29, 1.82) is 0 Å². The molecule has 0 aliphatic carbocycles. The van der Waals surface area contributed by atoms with E-state index >= 15 is 0 Å². The molecule has 1 atom stereocenters. The molecule has 0 saturated heterocycles. The molecule has 6 nitrogen and oxygen atoms in total. The molecule has 2 amide bonds. The fourth-order valence-electron chi connectivity index (χ4n) is 2.57. The van der Waals surface area contributed by atoms with Gasteiger partial charge in [-0.15, -0.1) is 0 Å². The first kappa shape index (κ1) is 19.2. The summed E-state index contributed by atoms with van der Waals surface area (Å²) in [4.78, 5) is 25.0. The molecular weight excluding hydrogens is 356 g/mol. The molecule has 144 valence electrons. The zero-order valence-electron chi connectivity index (χ0n) is 15.8. The van der Waals surface area contributed by atoms with Crippen molar-refractivity contribution in [2.75, 3.05) is 5.32 Å². The van der Waals surface area contributed by atoms with Crippen LogP contribution >= 0.6 is 0 Å². The van der Waals surface area contributed by atoms with Crippen LogP contribution in [0.25, 0.3) is 0 Å². The van der Waals surface area contributed by atoms with E-state index in [1.54, 1.807) is 49.6 Å². The highest BCUT2D eigenvalue weighted by molar-refractivity contribution is 6.04. The van der Waals surface area contributed by atoms with Gasteiger partial charge in [0.25, 0.3) is 11.8 Å². The van der Waals surface area contributed by atoms with Gasteiger partial charge in [-0.25, -0.2) is 0 Å². The summed E-state index contributed by atoms with van der Waals surface area (Å²) in [5.41, 5.74) is 1.90. The molecule has 28 heavy (non-hydrogen) atoms. The van der Waals surface area contributed by atoms with Gasteiger partial charge in [-0.2, -0.15) is 0 Å². The number of carbonyl (C=O) groups is 2. The summed E-state index contributed by atoms with van der Waals surface area (Å²) >= 11 is 0. The first-order valence-corrected chi connectivity index (χ1v) is 8.97. The monoisotopic (exact) mass is 378 g/mol.